The Balaban J connectivity index is 2.10. The lowest BCUT2D eigenvalue weighted by Crippen LogP contribution is -2.08. The summed E-state index contributed by atoms with van der Waals surface area (Å²) in [5, 5.41) is 0. The molecule has 0 heterocycles. The molecule has 1 rings (SSSR count). The number of rotatable bonds is 15. The molecule has 0 aliphatic heterocycles. The Hall–Kier alpha value is -0.610. The predicted molar refractivity (Wildman–Crippen MR) is 125 cm³/mol. The average molecular weight is 427 g/mol. The molecule has 0 radical (unpaired) electrons. The largest absolute Gasteiger partial charge is 0.290 e. The van der Waals surface area contributed by atoms with Gasteiger partial charge >= 0.3 is 0 Å². The fourth-order valence-corrected chi connectivity index (χ4v) is 4.94. The first kappa shape index (κ1) is 26.4. The lowest BCUT2D eigenvalue weighted by molar-refractivity contribution is 0.383. The Bertz CT molecular complexity index is 616. The first-order valence-electron chi connectivity index (χ1n) is 11.9. The maximum atomic E-state index is 11.2. The molecule has 0 spiro atoms. The van der Waals surface area contributed by atoms with E-state index in [1.807, 2.05) is 6.08 Å². The van der Waals surface area contributed by atoms with Gasteiger partial charge in [-0.15, -0.1) is 0 Å². The van der Waals surface area contributed by atoms with E-state index in [1.54, 1.807) is 6.08 Å². The minimum absolute atomic E-state index is 0.150. The van der Waals surface area contributed by atoms with E-state index in [1.165, 1.54) is 69.8 Å². The summed E-state index contributed by atoms with van der Waals surface area (Å²) in [4.78, 5) is 0.150. The molecule has 3 nitrogen and oxygen atoms in total. The molecule has 0 fully saturated rings. The summed E-state index contributed by atoms with van der Waals surface area (Å²) in [6.07, 6.45) is 17.9. The molecular weight excluding hydrogens is 380 g/mol. The topological polar surface area (TPSA) is 54.4 Å². The Labute approximate surface area is 181 Å². The van der Waals surface area contributed by atoms with E-state index in [4.69, 9.17) is 4.55 Å². The maximum Gasteiger partial charge on any atom is 0.290 e. The van der Waals surface area contributed by atoms with Crippen molar-refractivity contribution >= 4 is 10.1 Å². The fraction of sp³-hybridized carbons (Fsp3) is 0.840. The van der Waals surface area contributed by atoms with E-state index in [2.05, 4.69) is 34.6 Å². The fourth-order valence-electron chi connectivity index (χ4n) is 4.35. The third-order valence-corrected chi connectivity index (χ3v) is 7.55. The molecule has 1 aliphatic carbocycles. The van der Waals surface area contributed by atoms with Gasteiger partial charge in [0.25, 0.3) is 10.1 Å². The minimum Gasteiger partial charge on any atom is -0.282 e. The van der Waals surface area contributed by atoms with Crippen LogP contribution in [0.4, 0.5) is 0 Å². The van der Waals surface area contributed by atoms with Crippen molar-refractivity contribution in [3.8, 4) is 0 Å². The lowest BCUT2D eigenvalue weighted by Gasteiger charge is -2.19. The third-order valence-electron chi connectivity index (χ3n) is 6.55. The third kappa shape index (κ3) is 12.0. The monoisotopic (exact) mass is 426 g/mol. The first-order valence-corrected chi connectivity index (χ1v) is 13.4. The van der Waals surface area contributed by atoms with Crippen molar-refractivity contribution in [2.75, 3.05) is 0 Å². The van der Waals surface area contributed by atoms with Crippen LogP contribution in [0.5, 0.6) is 0 Å². The van der Waals surface area contributed by atoms with Gasteiger partial charge in [0.2, 0.25) is 0 Å². The highest BCUT2D eigenvalue weighted by Crippen LogP contribution is 2.29. The molecule has 4 heteroatoms. The van der Waals surface area contributed by atoms with Gasteiger partial charge in [-0.2, -0.15) is 8.42 Å². The second-order valence-electron chi connectivity index (χ2n) is 9.98. The molecule has 0 saturated heterocycles. The van der Waals surface area contributed by atoms with Crippen molar-refractivity contribution in [3.05, 3.63) is 22.6 Å². The van der Waals surface area contributed by atoms with Crippen LogP contribution in [0.2, 0.25) is 0 Å². The maximum absolute atomic E-state index is 11.2. The van der Waals surface area contributed by atoms with Crippen LogP contribution in [0.3, 0.4) is 0 Å². The smallest absolute Gasteiger partial charge is 0.282 e. The first-order chi connectivity index (χ1) is 13.6. The van der Waals surface area contributed by atoms with E-state index >= 15 is 0 Å². The van der Waals surface area contributed by atoms with Crippen LogP contribution in [0.15, 0.2) is 22.6 Å². The van der Waals surface area contributed by atoms with Gasteiger partial charge in [-0.05, 0) is 36.5 Å². The van der Waals surface area contributed by atoms with Gasteiger partial charge in [0.05, 0.1) is 4.91 Å². The molecular formula is C25H46O3S. The van der Waals surface area contributed by atoms with Crippen molar-refractivity contribution in [2.24, 2.45) is 23.7 Å². The quantitative estimate of drug-likeness (QED) is 0.164. The van der Waals surface area contributed by atoms with Crippen LogP contribution >= 0.6 is 0 Å². The molecule has 1 N–H and O–H groups in total. The summed E-state index contributed by atoms with van der Waals surface area (Å²) in [5.41, 5.74) is 1.32. The Morgan fingerprint density at radius 3 is 1.76 bits per heavy atom. The van der Waals surface area contributed by atoms with Gasteiger partial charge in [0.1, 0.15) is 0 Å². The zero-order valence-electron chi connectivity index (χ0n) is 19.6. The molecule has 0 aromatic carbocycles. The zero-order valence-corrected chi connectivity index (χ0v) is 20.4. The van der Waals surface area contributed by atoms with Crippen LogP contribution < -0.4 is 0 Å². The van der Waals surface area contributed by atoms with Gasteiger partial charge in [-0.3, -0.25) is 4.55 Å². The molecule has 1 aliphatic rings. The summed E-state index contributed by atoms with van der Waals surface area (Å²) in [5.74, 6) is 3.03. The van der Waals surface area contributed by atoms with Gasteiger partial charge in [-0.25, -0.2) is 0 Å². The highest BCUT2D eigenvalue weighted by molar-refractivity contribution is 7.89. The molecule has 0 aromatic rings. The lowest BCUT2D eigenvalue weighted by atomic mass is 9.88. The van der Waals surface area contributed by atoms with Crippen molar-refractivity contribution in [3.63, 3.8) is 0 Å². The Kier molecular flexibility index (Phi) is 12.4. The van der Waals surface area contributed by atoms with Crippen molar-refractivity contribution in [1.82, 2.24) is 0 Å². The van der Waals surface area contributed by atoms with Gasteiger partial charge in [0, 0.05) is 6.42 Å². The van der Waals surface area contributed by atoms with Crippen LogP contribution in [-0.4, -0.2) is 13.0 Å². The number of hydrogen-bond donors (Lipinski definition) is 1. The van der Waals surface area contributed by atoms with E-state index in [0.29, 0.717) is 18.8 Å². The summed E-state index contributed by atoms with van der Waals surface area (Å²) in [7, 11) is -4.01. The van der Waals surface area contributed by atoms with Crippen LogP contribution in [0.25, 0.3) is 0 Å². The zero-order chi connectivity index (χ0) is 21.9. The second-order valence-corrected chi connectivity index (χ2v) is 11.5. The summed E-state index contributed by atoms with van der Waals surface area (Å²) >= 11 is 0. The molecule has 29 heavy (non-hydrogen) atoms. The van der Waals surface area contributed by atoms with Crippen molar-refractivity contribution in [1.29, 1.82) is 0 Å². The molecule has 0 amide bonds. The average Bonchev–Trinajstić information content (AvgIpc) is 2.64. The van der Waals surface area contributed by atoms with Crippen molar-refractivity contribution < 1.29 is 13.0 Å². The standard InChI is InChI=1S/C25H46O3S/c1-20(2)10-8-12-22(4)14-9-13-21(3)11-6-7-15-23(5)24-16-18-25(19-17-24)29(26,27)28/h16,19-23H,6-15,17-18H2,1-5H3,(H,26,27,28). The van der Waals surface area contributed by atoms with E-state index in [9.17, 15) is 8.42 Å². The molecule has 0 bridgehead atoms. The normalized spacial score (nSPS) is 18.3. The van der Waals surface area contributed by atoms with Crippen LogP contribution in [-0.2, 0) is 10.1 Å². The molecule has 0 saturated carbocycles. The second kappa shape index (κ2) is 13.6. The van der Waals surface area contributed by atoms with E-state index in [0.717, 1.165) is 17.8 Å². The van der Waals surface area contributed by atoms with Crippen LogP contribution in [0.1, 0.15) is 112 Å². The Morgan fingerprint density at radius 1 is 0.759 bits per heavy atom. The van der Waals surface area contributed by atoms with Gasteiger partial charge in [0.15, 0.2) is 0 Å². The minimum atomic E-state index is -4.01. The molecule has 170 valence electrons. The number of allylic oxidation sites excluding steroid dienone is 4. The highest BCUT2D eigenvalue weighted by atomic mass is 32.2. The summed E-state index contributed by atoms with van der Waals surface area (Å²) < 4.78 is 31.5. The summed E-state index contributed by atoms with van der Waals surface area (Å²) in [6.45, 7) is 11.7. The SMILES string of the molecule is CC(C)CCCC(C)CCCC(C)CCCCC(C)C1=CCC(S(=O)(=O)O)=CC1. The predicted octanol–water partition coefficient (Wildman–Crippen LogP) is 7.94. The van der Waals surface area contributed by atoms with Crippen LogP contribution in [0, 0.1) is 23.7 Å². The van der Waals surface area contributed by atoms with Crippen molar-refractivity contribution in [2.45, 2.75) is 112 Å². The van der Waals surface area contributed by atoms with Gasteiger partial charge < -0.3 is 0 Å². The van der Waals surface area contributed by atoms with Gasteiger partial charge in [-0.1, -0.05) is 110 Å². The molecule has 3 unspecified atom stereocenters. The number of hydrogen-bond acceptors (Lipinski definition) is 2. The highest BCUT2D eigenvalue weighted by Gasteiger charge is 2.18. The molecule has 0 aromatic heterocycles. The Morgan fingerprint density at radius 2 is 1.28 bits per heavy atom. The van der Waals surface area contributed by atoms with E-state index in [-0.39, 0.29) is 4.91 Å². The molecule has 3 atom stereocenters. The van der Waals surface area contributed by atoms with E-state index < -0.39 is 10.1 Å². The summed E-state index contributed by atoms with van der Waals surface area (Å²) in [6, 6.07) is 0. The number of unbranched alkanes of at least 4 members (excludes halogenated alkanes) is 1.